The second-order valence-electron chi connectivity index (χ2n) is 2.19. The number of hydrogen-bond acceptors (Lipinski definition) is 2. The predicted octanol–water partition coefficient (Wildman–Crippen LogP) is 1.60. The fraction of sp³-hybridized carbons (Fsp3) is 1.00. The Hall–Kier alpha value is -0.120. The van der Waals surface area contributed by atoms with Crippen LogP contribution in [-0.4, -0.2) is 26.1 Å². The molecule has 0 aliphatic heterocycles. The maximum absolute atomic E-state index is 10.1. The number of rotatable bonds is 7. The Morgan fingerprint density at radius 3 is 2.09 bits per heavy atom. The Balaban J connectivity index is 3.34. The fourth-order valence-corrected chi connectivity index (χ4v) is 0.837. The highest BCUT2D eigenvalue weighted by Crippen LogP contribution is 2.03. The second kappa shape index (κ2) is 7.98. The van der Waals surface area contributed by atoms with E-state index < -0.39 is 0 Å². The van der Waals surface area contributed by atoms with Crippen LogP contribution in [0.1, 0.15) is 26.7 Å². The minimum Gasteiger partial charge on any atom is -0.353 e. The molecular weight excluding hydrogens is 144 g/mol. The van der Waals surface area contributed by atoms with Gasteiger partial charge in [0.25, 0.3) is 0 Å². The van der Waals surface area contributed by atoms with E-state index in [1.807, 2.05) is 13.8 Å². The van der Waals surface area contributed by atoms with Gasteiger partial charge in [0.2, 0.25) is 0 Å². The Morgan fingerprint density at radius 2 is 1.73 bits per heavy atom. The Kier molecular flexibility index (Phi) is 7.89. The first-order valence-electron chi connectivity index (χ1n) is 4.16. The van der Waals surface area contributed by atoms with Gasteiger partial charge in [0.1, 0.15) is 0 Å². The maximum atomic E-state index is 10.1. The van der Waals surface area contributed by atoms with Crippen molar-refractivity contribution in [2.45, 2.75) is 33.0 Å². The minimum absolute atomic E-state index is 0.0450. The van der Waals surface area contributed by atoms with Gasteiger partial charge in [-0.3, -0.25) is 0 Å². The van der Waals surface area contributed by atoms with Crippen molar-refractivity contribution in [3.8, 4) is 0 Å². The highest BCUT2D eigenvalue weighted by Gasteiger charge is 2.05. The Bertz CT molecular complexity index is 69.7. The lowest BCUT2D eigenvalue weighted by Gasteiger charge is -2.15. The average molecular weight is 161 g/mol. The molecule has 0 amide bonds. The van der Waals surface area contributed by atoms with Crippen LogP contribution >= 0.6 is 0 Å². The summed E-state index contributed by atoms with van der Waals surface area (Å²) in [5, 5.41) is 10.1. The van der Waals surface area contributed by atoms with Gasteiger partial charge in [0.15, 0.2) is 6.29 Å². The summed E-state index contributed by atoms with van der Waals surface area (Å²) in [5.41, 5.74) is 0. The van der Waals surface area contributed by atoms with E-state index in [1.54, 1.807) is 0 Å². The molecule has 67 valence electrons. The van der Waals surface area contributed by atoms with Crippen molar-refractivity contribution in [2.75, 3.05) is 19.8 Å². The first-order chi connectivity index (χ1) is 5.35. The molecule has 0 aliphatic rings. The Labute approximate surface area is 68.3 Å². The summed E-state index contributed by atoms with van der Waals surface area (Å²) in [5.74, 6) is 0. The molecule has 0 saturated heterocycles. The molecule has 1 radical (unpaired) electrons. The zero-order valence-electron chi connectivity index (χ0n) is 7.34. The van der Waals surface area contributed by atoms with E-state index >= 15 is 0 Å². The van der Waals surface area contributed by atoms with Crippen molar-refractivity contribution in [1.29, 1.82) is 0 Å². The third kappa shape index (κ3) is 6.28. The van der Waals surface area contributed by atoms with Gasteiger partial charge in [-0.25, -0.2) is 5.11 Å². The van der Waals surface area contributed by atoms with E-state index in [9.17, 15) is 5.11 Å². The van der Waals surface area contributed by atoms with Gasteiger partial charge in [0.05, 0.1) is 6.61 Å². The van der Waals surface area contributed by atoms with Crippen molar-refractivity contribution < 1.29 is 14.6 Å². The summed E-state index contributed by atoms with van der Waals surface area (Å²) in [6, 6.07) is 0. The smallest absolute Gasteiger partial charge is 0.157 e. The van der Waals surface area contributed by atoms with E-state index in [0.29, 0.717) is 26.1 Å². The van der Waals surface area contributed by atoms with Crippen molar-refractivity contribution >= 4 is 0 Å². The molecule has 0 aromatic heterocycles. The fourth-order valence-electron chi connectivity index (χ4n) is 0.837. The molecule has 11 heavy (non-hydrogen) atoms. The molecule has 0 aliphatic carbocycles. The van der Waals surface area contributed by atoms with E-state index in [0.717, 1.165) is 0 Å². The molecule has 3 heteroatoms. The first-order valence-corrected chi connectivity index (χ1v) is 4.16. The van der Waals surface area contributed by atoms with Crippen LogP contribution in [0.4, 0.5) is 0 Å². The third-order valence-corrected chi connectivity index (χ3v) is 1.29. The molecule has 0 rings (SSSR count). The summed E-state index contributed by atoms with van der Waals surface area (Å²) in [4.78, 5) is 0. The molecule has 0 bridgehead atoms. The standard InChI is InChI=1S/C8H17O3/c1-3-10-8(11-4-2)6-5-7-9/h8H,3-7H2,1-2H3. The molecule has 0 aromatic rings. The molecular formula is C8H17O3. The third-order valence-electron chi connectivity index (χ3n) is 1.29. The summed E-state index contributed by atoms with van der Waals surface area (Å²) >= 11 is 0. The number of ether oxygens (including phenoxy) is 2. The lowest BCUT2D eigenvalue weighted by molar-refractivity contribution is -0.141. The van der Waals surface area contributed by atoms with Gasteiger partial charge in [-0.2, -0.15) is 0 Å². The van der Waals surface area contributed by atoms with E-state index in [-0.39, 0.29) is 12.9 Å². The minimum atomic E-state index is -0.168. The summed E-state index contributed by atoms with van der Waals surface area (Å²) in [6.07, 6.45) is 1.18. The monoisotopic (exact) mass is 161 g/mol. The van der Waals surface area contributed by atoms with E-state index in [4.69, 9.17) is 9.47 Å². The average Bonchev–Trinajstić information content (AvgIpc) is 2.01. The van der Waals surface area contributed by atoms with Crippen LogP contribution in [0.2, 0.25) is 0 Å². The highest BCUT2D eigenvalue weighted by molar-refractivity contribution is 4.44. The van der Waals surface area contributed by atoms with Crippen LogP contribution in [0.25, 0.3) is 0 Å². The summed E-state index contributed by atoms with van der Waals surface area (Å²) in [7, 11) is 0. The first kappa shape index (κ1) is 10.9. The molecule has 0 N–H and O–H groups in total. The van der Waals surface area contributed by atoms with Crippen LogP contribution in [0.5, 0.6) is 0 Å². The zero-order valence-corrected chi connectivity index (χ0v) is 7.34. The molecule has 0 aromatic carbocycles. The molecule has 3 nitrogen and oxygen atoms in total. The molecule has 0 unspecified atom stereocenters. The zero-order chi connectivity index (χ0) is 8.53. The highest BCUT2D eigenvalue weighted by atomic mass is 16.7. The SMILES string of the molecule is CCOC(CCC[O])OCC. The van der Waals surface area contributed by atoms with Crippen LogP contribution < -0.4 is 0 Å². The largest absolute Gasteiger partial charge is 0.353 e. The van der Waals surface area contributed by atoms with Gasteiger partial charge < -0.3 is 9.47 Å². The van der Waals surface area contributed by atoms with Crippen LogP contribution in [0.15, 0.2) is 0 Å². The lowest BCUT2D eigenvalue weighted by atomic mass is 10.3. The van der Waals surface area contributed by atoms with Crippen molar-refractivity contribution in [3.05, 3.63) is 0 Å². The molecule has 0 heterocycles. The van der Waals surface area contributed by atoms with Crippen molar-refractivity contribution in [1.82, 2.24) is 0 Å². The second-order valence-corrected chi connectivity index (χ2v) is 2.19. The molecule has 0 atom stereocenters. The summed E-state index contributed by atoms with van der Waals surface area (Å²) in [6.45, 7) is 5.08. The van der Waals surface area contributed by atoms with Crippen LogP contribution in [-0.2, 0) is 14.6 Å². The van der Waals surface area contributed by atoms with Gasteiger partial charge in [-0.1, -0.05) is 0 Å². The lowest BCUT2D eigenvalue weighted by Crippen LogP contribution is -2.17. The molecule has 0 fully saturated rings. The van der Waals surface area contributed by atoms with Gasteiger partial charge >= 0.3 is 0 Å². The quantitative estimate of drug-likeness (QED) is 0.532. The van der Waals surface area contributed by atoms with Crippen molar-refractivity contribution in [2.24, 2.45) is 0 Å². The predicted molar refractivity (Wildman–Crippen MR) is 41.8 cm³/mol. The maximum Gasteiger partial charge on any atom is 0.157 e. The normalized spacial score (nSPS) is 10.9. The van der Waals surface area contributed by atoms with E-state index in [2.05, 4.69) is 0 Å². The topological polar surface area (TPSA) is 38.4 Å². The van der Waals surface area contributed by atoms with Gasteiger partial charge in [-0.15, -0.1) is 0 Å². The van der Waals surface area contributed by atoms with Crippen molar-refractivity contribution in [3.63, 3.8) is 0 Å². The van der Waals surface area contributed by atoms with Crippen LogP contribution in [0, 0.1) is 0 Å². The molecule has 0 saturated carbocycles. The summed E-state index contributed by atoms with van der Waals surface area (Å²) < 4.78 is 10.4. The van der Waals surface area contributed by atoms with Gasteiger partial charge in [-0.05, 0) is 20.3 Å². The van der Waals surface area contributed by atoms with Crippen LogP contribution in [0.3, 0.4) is 0 Å². The van der Waals surface area contributed by atoms with E-state index in [1.165, 1.54) is 0 Å². The Morgan fingerprint density at radius 1 is 1.18 bits per heavy atom. The van der Waals surface area contributed by atoms with Gasteiger partial charge in [0, 0.05) is 19.6 Å². The number of hydrogen-bond donors (Lipinski definition) is 0. The molecule has 0 spiro atoms.